The van der Waals surface area contributed by atoms with Gasteiger partial charge in [0.25, 0.3) is 0 Å². The second-order valence-corrected chi connectivity index (χ2v) is 6.08. The lowest BCUT2D eigenvalue weighted by molar-refractivity contribution is 0.0697. The Morgan fingerprint density at radius 3 is 2.75 bits per heavy atom. The molecule has 0 bridgehead atoms. The van der Waals surface area contributed by atoms with Crippen LogP contribution in [0, 0.1) is 6.92 Å². The quantitative estimate of drug-likeness (QED) is 0.906. The second-order valence-electron chi connectivity index (χ2n) is 5.30. The Morgan fingerprint density at radius 2 is 2.20 bits per heavy atom. The number of nitrogens with zero attached hydrogens (tertiary/aromatic N) is 1. The third-order valence-corrected chi connectivity index (χ3v) is 4.41. The molecule has 0 radical (unpaired) electrons. The number of carboxylic acid groups (broad SMARTS) is 1. The minimum Gasteiger partial charge on any atom is -0.478 e. The fourth-order valence-electron chi connectivity index (χ4n) is 2.49. The van der Waals surface area contributed by atoms with Crippen molar-refractivity contribution in [2.24, 2.45) is 0 Å². The van der Waals surface area contributed by atoms with Crippen LogP contribution in [-0.2, 0) is 6.54 Å². The number of hydrogen-bond donors (Lipinski definition) is 1. The topological polar surface area (TPSA) is 40.5 Å². The first kappa shape index (κ1) is 13.2. The van der Waals surface area contributed by atoms with Crippen molar-refractivity contribution in [3.63, 3.8) is 0 Å². The molecule has 4 heteroatoms. The maximum absolute atomic E-state index is 11.0. The number of aromatic carboxylic acids is 1. The first-order chi connectivity index (χ1) is 9.65. The Labute approximate surface area is 122 Å². The highest BCUT2D eigenvalue weighted by atomic mass is 32.1. The molecule has 20 heavy (non-hydrogen) atoms. The zero-order chi connectivity index (χ0) is 14.1. The summed E-state index contributed by atoms with van der Waals surface area (Å²) in [5.74, 6) is -0.865. The lowest BCUT2D eigenvalue weighted by Crippen LogP contribution is -2.25. The van der Waals surface area contributed by atoms with E-state index in [9.17, 15) is 4.79 Å². The number of anilines is 1. The van der Waals surface area contributed by atoms with Gasteiger partial charge >= 0.3 is 5.97 Å². The number of rotatable bonds is 5. The molecule has 0 saturated heterocycles. The van der Waals surface area contributed by atoms with Crippen LogP contribution in [0.4, 0.5) is 5.69 Å². The SMILES string of the molecule is Cc1cc(C(=O)O)ccc1N(Cc1ccsc1)C1CC1. The molecule has 1 aliphatic rings. The fraction of sp³-hybridized carbons (Fsp3) is 0.312. The monoisotopic (exact) mass is 287 g/mol. The van der Waals surface area contributed by atoms with E-state index in [0.29, 0.717) is 11.6 Å². The molecule has 3 rings (SSSR count). The van der Waals surface area contributed by atoms with Gasteiger partial charge in [0, 0.05) is 18.3 Å². The Hall–Kier alpha value is -1.81. The maximum Gasteiger partial charge on any atom is 0.335 e. The van der Waals surface area contributed by atoms with Crippen molar-refractivity contribution in [1.29, 1.82) is 0 Å². The van der Waals surface area contributed by atoms with Gasteiger partial charge in [0.15, 0.2) is 0 Å². The smallest absolute Gasteiger partial charge is 0.335 e. The van der Waals surface area contributed by atoms with Gasteiger partial charge in [0.1, 0.15) is 0 Å². The summed E-state index contributed by atoms with van der Waals surface area (Å²) in [4.78, 5) is 13.4. The molecular weight excluding hydrogens is 270 g/mol. The van der Waals surface area contributed by atoms with E-state index in [1.165, 1.54) is 18.4 Å². The predicted octanol–water partition coefficient (Wildman–Crippen LogP) is 3.92. The molecule has 0 spiro atoms. The number of thiophene rings is 1. The minimum atomic E-state index is -0.865. The van der Waals surface area contributed by atoms with Crippen LogP contribution in [0.5, 0.6) is 0 Å². The Bertz CT molecular complexity index is 617. The lowest BCUT2D eigenvalue weighted by Gasteiger charge is -2.26. The van der Waals surface area contributed by atoms with Gasteiger partial charge in [-0.1, -0.05) is 0 Å². The van der Waals surface area contributed by atoms with Gasteiger partial charge in [-0.3, -0.25) is 0 Å². The number of carboxylic acids is 1. The molecule has 0 aliphatic heterocycles. The summed E-state index contributed by atoms with van der Waals surface area (Å²) in [6.07, 6.45) is 2.45. The highest BCUT2D eigenvalue weighted by Crippen LogP contribution is 2.35. The largest absolute Gasteiger partial charge is 0.478 e. The highest BCUT2D eigenvalue weighted by molar-refractivity contribution is 7.07. The molecule has 0 atom stereocenters. The number of carbonyl (C=O) groups is 1. The molecule has 1 aromatic heterocycles. The molecule has 1 saturated carbocycles. The zero-order valence-corrected chi connectivity index (χ0v) is 12.2. The Balaban J connectivity index is 1.89. The summed E-state index contributed by atoms with van der Waals surface area (Å²) in [7, 11) is 0. The number of hydrogen-bond acceptors (Lipinski definition) is 3. The van der Waals surface area contributed by atoms with Gasteiger partial charge in [-0.15, -0.1) is 0 Å². The first-order valence-corrected chi connectivity index (χ1v) is 7.71. The Kier molecular flexibility index (Phi) is 3.49. The first-order valence-electron chi connectivity index (χ1n) is 6.77. The van der Waals surface area contributed by atoms with Gasteiger partial charge in [-0.25, -0.2) is 4.79 Å². The molecule has 1 aliphatic carbocycles. The van der Waals surface area contributed by atoms with Crippen molar-refractivity contribution in [2.75, 3.05) is 4.90 Å². The van der Waals surface area contributed by atoms with E-state index in [4.69, 9.17) is 5.11 Å². The van der Waals surface area contributed by atoms with Gasteiger partial charge < -0.3 is 10.0 Å². The summed E-state index contributed by atoms with van der Waals surface area (Å²) in [5, 5.41) is 13.3. The van der Waals surface area contributed by atoms with Crippen LogP contribution in [0.25, 0.3) is 0 Å². The standard InChI is InChI=1S/C16H17NO2S/c1-11-8-13(16(18)19)2-5-15(11)17(14-3-4-14)9-12-6-7-20-10-12/h2,5-8,10,14H,3-4,9H2,1H3,(H,18,19). The van der Waals surface area contributed by atoms with E-state index in [1.54, 1.807) is 23.5 Å². The molecule has 3 nitrogen and oxygen atoms in total. The van der Waals surface area contributed by atoms with E-state index >= 15 is 0 Å². The van der Waals surface area contributed by atoms with E-state index in [-0.39, 0.29) is 0 Å². The molecule has 1 heterocycles. The van der Waals surface area contributed by atoms with Crippen LogP contribution in [0.2, 0.25) is 0 Å². The second kappa shape index (κ2) is 5.29. The van der Waals surface area contributed by atoms with Crippen molar-refractivity contribution < 1.29 is 9.90 Å². The molecule has 0 amide bonds. The number of benzene rings is 1. The molecule has 1 fully saturated rings. The van der Waals surface area contributed by atoms with Gasteiger partial charge in [-0.05, 0) is 65.9 Å². The van der Waals surface area contributed by atoms with Crippen LogP contribution >= 0.6 is 11.3 Å². The van der Waals surface area contributed by atoms with E-state index in [0.717, 1.165) is 17.8 Å². The van der Waals surface area contributed by atoms with E-state index in [1.807, 2.05) is 13.0 Å². The lowest BCUT2D eigenvalue weighted by atomic mass is 10.1. The summed E-state index contributed by atoms with van der Waals surface area (Å²) in [6.45, 7) is 2.90. The van der Waals surface area contributed by atoms with Crippen LogP contribution in [0.1, 0.15) is 34.3 Å². The van der Waals surface area contributed by atoms with Crippen molar-refractivity contribution in [3.8, 4) is 0 Å². The summed E-state index contributed by atoms with van der Waals surface area (Å²) in [6, 6.07) is 8.17. The molecule has 104 valence electrons. The maximum atomic E-state index is 11.0. The summed E-state index contributed by atoms with van der Waals surface area (Å²) < 4.78 is 0. The normalized spacial score (nSPS) is 14.2. The molecule has 1 N–H and O–H groups in total. The summed E-state index contributed by atoms with van der Waals surface area (Å²) >= 11 is 1.72. The van der Waals surface area contributed by atoms with E-state index < -0.39 is 5.97 Å². The van der Waals surface area contributed by atoms with E-state index in [2.05, 4.69) is 21.7 Å². The van der Waals surface area contributed by atoms with Crippen LogP contribution < -0.4 is 4.90 Å². The predicted molar refractivity (Wildman–Crippen MR) is 81.7 cm³/mol. The molecule has 2 aromatic rings. The van der Waals surface area contributed by atoms with Crippen molar-refractivity contribution in [2.45, 2.75) is 32.4 Å². The fourth-order valence-corrected chi connectivity index (χ4v) is 3.15. The van der Waals surface area contributed by atoms with Crippen molar-refractivity contribution in [3.05, 3.63) is 51.7 Å². The average Bonchev–Trinajstić information content (AvgIpc) is 3.14. The third kappa shape index (κ3) is 2.70. The third-order valence-electron chi connectivity index (χ3n) is 3.67. The highest BCUT2D eigenvalue weighted by Gasteiger charge is 2.30. The van der Waals surface area contributed by atoms with Crippen LogP contribution in [0.15, 0.2) is 35.0 Å². The van der Waals surface area contributed by atoms with Crippen LogP contribution in [-0.4, -0.2) is 17.1 Å². The molecule has 0 unspecified atom stereocenters. The summed E-state index contributed by atoms with van der Waals surface area (Å²) in [5.41, 5.74) is 3.87. The van der Waals surface area contributed by atoms with Crippen molar-refractivity contribution in [1.82, 2.24) is 0 Å². The number of aryl methyl sites for hydroxylation is 1. The Morgan fingerprint density at radius 1 is 1.40 bits per heavy atom. The minimum absolute atomic E-state index is 0.359. The van der Waals surface area contributed by atoms with Gasteiger partial charge in [-0.2, -0.15) is 11.3 Å². The molecule has 1 aromatic carbocycles. The zero-order valence-electron chi connectivity index (χ0n) is 11.4. The average molecular weight is 287 g/mol. The van der Waals surface area contributed by atoms with Crippen molar-refractivity contribution >= 4 is 23.0 Å². The van der Waals surface area contributed by atoms with Crippen LogP contribution in [0.3, 0.4) is 0 Å². The molecular formula is C16H17NO2S. The van der Waals surface area contributed by atoms with Gasteiger partial charge in [0.2, 0.25) is 0 Å². The van der Waals surface area contributed by atoms with Gasteiger partial charge in [0.05, 0.1) is 5.56 Å².